The third-order valence-corrected chi connectivity index (χ3v) is 9.49. The number of benzene rings is 2. The summed E-state index contributed by atoms with van der Waals surface area (Å²) < 4.78 is 28.7. The van der Waals surface area contributed by atoms with Crippen LogP contribution in [0.2, 0.25) is 6.32 Å². The van der Waals surface area contributed by atoms with E-state index >= 15 is 0 Å². The number of carbonyl (C=O) groups excluding carboxylic acids is 2. The van der Waals surface area contributed by atoms with Crippen molar-refractivity contribution in [3.8, 4) is 5.75 Å². The Morgan fingerprint density at radius 2 is 1.60 bits per heavy atom. The van der Waals surface area contributed by atoms with Crippen LogP contribution in [0.15, 0.2) is 54.6 Å². The van der Waals surface area contributed by atoms with E-state index in [1.807, 2.05) is 82.3 Å². The number of nitrogens with one attached hydrogen (secondary N) is 1. The number of hydrogen-bond acceptors (Lipinski definition) is 8. The number of methoxy groups -OCH3 is 2. The van der Waals surface area contributed by atoms with E-state index in [0.29, 0.717) is 32.4 Å². The lowest BCUT2D eigenvalue weighted by atomic mass is 9.69. The highest BCUT2D eigenvalue weighted by Crippen LogP contribution is 2.47. The molecule has 10 heteroatoms. The smallest absolute Gasteiger partial charge is 0.457 e. The van der Waals surface area contributed by atoms with E-state index in [1.54, 1.807) is 12.0 Å². The van der Waals surface area contributed by atoms with Gasteiger partial charge in [-0.1, -0.05) is 55.8 Å². The number of esters is 1. The molecule has 9 nitrogen and oxygen atoms in total. The van der Waals surface area contributed by atoms with Gasteiger partial charge in [0.05, 0.1) is 25.4 Å². The molecule has 3 atom stereocenters. The van der Waals surface area contributed by atoms with E-state index in [9.17, 15) is 9.59 Å². The van der Waals surface area contributed by atoms with Crippen LogP contribution in [0.25, 0.3) is 0 Å². The highest BCUT2D eigenvalue weighted by molar-refractivity contribution is 6.45. The SMILES string of the molecule is COC(=O)[C@H]1N(C(=O)OCc2ccccc2)C[C@H](CNCc2ccc(OC)cc2)[C@@]1(C)CCCB1OC(C)(C)C(C)(C)O1. The molecule has 2 heterocycles. The second-order valence-electron chi connectivity index (χ2n) is 12.9. The molecular weight excluding hydrogens is 547 g/mol. The predicted molar refractivity (Wildman–Crippen MR) is 166 cm³/mol. The van der Waals surface area contributed by atoms with Crippen molar-refractivity contribution in [2.24, 2.45) is 11.3 Å². The highest BCUT2D eigenvalue weighted by atomic mass is 16.7. The lowest BCUT2D eigenvalue weighted by Crippen LogP contribution is -2.49. The van der Waals surface area contributed by atoms with Gasteiger partial charge in [0.2, 0.25) is 0 Å². The molecule has 0 saturated carbocycles. The summed E-state index contributed by atoms with van der Waals surface area (Å²) in [5, 5.41) is 3.56. The fourth-order valence-corrected chi connectivity index (χ4v) is 6.13. The molecule has 43 heavy (non-hydrogen) atoms. The highest BCUT2D eigenvalue weighted by Gasteiger charge is 2.57. The topological polar surface area (TPSA) is 95.6 Å². The number of hydrogen-bond donors (Lipinski definition) is 1. The molecule has 2 aliphatic rings. The molecule has 2 aromatic carbocycles. The van der Waals surface area contributed by atoms with Gasteiger partial charge >= 0.3 is 19.2 Å². The summed E-state index contributed by atoms with van der Waals surface area (Å²) in [6, 6.07) is 16.7. The van der Waals surface area contributed by atoms with Crippen LogP contribution in [0.5, 0.6) is 5.75 Å². The third kappa shape index (κ3) is 7.54. The van der Waals surface area contributed by atoms with E-state index in [-0.39, 0.29) is 19.6 Å². The molecule has 0 aromatic heterocycles. The fourth-order valence-electron chi connectivity index (χ4n) is 6.13. The summed E-state index contributed by atoms with van der Waals surface area (Å²) in [5.41, 5.74) is 0.612. The minimum absolute atomic E-state index is 0.0302. The van der Waals surface area contributed by atoms with Gasteiger partial charge < -0.3 is 28.8 Å². The average molecular weight is 595 g/mol. The van der Waals surface area contributed by atoms with Crippen LogP contribution in [0, 0.1) is 11.3 Å². The number of nitrogens with zero attached hydrogens (tertiary/aromatic N) is 1. The Morgan fingerprint density at radius 3 is 2.21 bits per heavy atom. The Hall–Kier alpha value is -3.08. The first-order valence-corrected chi connectivity index (χ1v) is 15.1. The molecule has 2 saturated heterocycles. The summed E-state index contributed by atoms with van der Waals surface area (Å²) >= 11 is 0. The number of ether oxygens (including phenoxy) is 3. The van der Waals surface area contributed by atoms with Crippen molar-refractivity contribution < 1.29 is 33.1 Å². The van der Waals surface area contributed by atoms with E-state index < -0.39 is 34.7 Å². The van der Waals surface area contributed by atoms with Gasteiger partial charge in [-0.25, -0.2) is 9.59 Å². The zero-order chi connectivity index (χ0) is 31.3. The lowest BCUT2D eigenvalue weighted by Gasteiger charge is -2.36. The maximum atomic E-state index is 13.5. The van der Waals surface area contributed by atoms with E-state index in [2.05, 4.69) is 12.2 Å². The molecule has 0 bridgehead atoms. The summed E-state index contributed by atoms with van der Waals surface area (Å²) in [7, 11) is 2.69. The van der Waals surface area contributed by atoms with Crippen molar-refractivity contribution in [3.63, 3.8) is 0 Å². The van der Waals surface area contributed by atoms with Gasteiger partial charge in [0.15, 0.2) is 0 Å². The van der Waals surface area contributed by atoms with Gasteiger partial charge in [0.25, 0.3) is 0 Å². The molecule has 0 radical (unpaired) electrons. The van der Waals surface area contributed by atoms with Crippen molar-refractivity contribution in [3.05, 3.63) is 65.7 Å². The Labute approximate surface area is 256 Å². The van der Waals surface area contributed by atoms with Crippen LogP contribution in [-0.4, -0.2) is 68.6 Å². The van der Waals surface area contributed by atoms with Gasteiger partial charge in [0, 0.05) is 25.0 Å². The van der Waals surface area contributed by atoms with Gasteiger partial charge in [-0.3, -0.25) is 4.90 Å². The first kappa shape index (κ1) is 32.8. The number of likely N-dealkylation sites (tertiary alicyclic amines) is 1. The molecule has 2 fully saturated rings. The summed E-state index contributed by atoms with van der Waals surface area (Å²) in [4.78, 5) is 28.4. The number of carbonyl (C=O) groups is 2. The summed E-state index contributed by atoms with van der Waals surface area (Å²) in [5.74, 6) is 0.338. The Morgan fingerprint density at radius 1 is 0.953 bits per heavy atom. The van der Waals surface area contributed by atoms with Crippen LogP contribution in [-0.2, 0) is 36.7 Å². The van der Waals surface area contributed by atoms with E-state index in [4.69, 9.17) is 23.5 Å². The minimum atomic E-state index is -0.785. The minimum Gasteiger partial charge on any atom is -0.497 e. The van der Waals surface area contributed by atoms with E-state index in [0.717, 1.165) is 23.3 Å². The second-order valence-corrected chi connectivity index (χ2v) is 12.9. The Bertz CT molecular complexity index is 1210. The monoisotopic (exact) mass is 594 g/mol. The molecule has 1 amide bonds. The standard InChI is InChI=1S/C33H47BN2O7/c1-31(2)32(3,4)43-34(42-31)19-11-18-33(5)26(21-35-20-24-14-16-27(39-6)17-15-24)22-36(28(33)29(37)40-7)30(38)41-23-25-12-9-8-10-13-25/h8-10,12-17,26,28,35H,11,18-23H2,1-7H3/t26-,28+,33+/m0/s1. The van der Waals surface area contributed by atoms with Crippen LogP contribution in [0.1, 0.15) is 58.6 Å². The molecule has 1 N–H and O–H groups in total. The van der Waals surface area contributed by atoms with E-state index in [1.165, 1.54) is 7.11 Å². The zero-order valence-corrected chi connectivity index (χ0v) is 26.7. The quantitative estimate of drug-likeness (QED) is 0.255. The fraction of sp³-hybridized carbons (Fsp3) is 0.576. The summed E-state index contributed by atoms with van der Waals surface area (Å²) in [6.45, 7) is 12.0. The number of rotatable bonds is 12. The molecule has 2 aliphatic heterocycles. The van der Waals surface area contributed by atoms with Crippen molar-refractivity contribution >= 4 is 19.2 Å². The summed E-state index contributed by atoms with van der Waals surface area (Å²) in [6.07, 6.45) is 1.59. The second kappa shape index (κ2) is 13.7. The van der Waals surface area contributed by atoms with Gasteiger partial charge in [-0.2, -0.15) is 0 Å². The van der Waals surface area contributed by atoms with Crippen molar-refractivity contribution in [2.75, 3.05) is 27.3 Å². The van der Waals surface area contributed by atoms with Gasteiger partial charge in [-0.05, 0) is 69.6 Å². The molecule has 0 spiro atoms. The maximum absolute atomic E-state index is 13.5. The van der Waals surface area contributed by atoms with Crippen molar-refractivity contribution in [1.29, 1.82) is 0 Å². The van der Waals surface area contributed by atoms with Crippen LogP contribution in [0.3, 0.4) is 0 Å². The Balaban J connectivity index is 1.50. The lowest BCUT2D eigenvalue weighted by molar-refractivity contribution is -0.149. The largest absolute Gasteiger partial charge is 0.497 e. The average Bonchev–Trinajstić information content (AvgIpc) is 3.39. The molecule has 0 unspecified atom stereocenters. The van der Waals surface area contributed by atoms with Gasteiger partial charge in [-0.15, -0.1) is 0 Å². The third-order valence-electron chi connectivity index (χ3n) is 9.49. The first-order valence-electron chi connectivity index (χ1n) is 15.1. The van der Waals surface area contributed by atoms with Crippen LogP contribution >= 0.6 is 0 Å². The van der Waals surface area contributed by atoms with Crippen LogP contribution < -0.4 is 10.1 Å². The maximum Gasteiger partial charge on any atom is 0.457 e. The molecule has 2 aromatic rings. The normalized spacial score (nSPS) is 24.2. The first-order chi connectivity index (χ1) is 20.4. The molecule has 4 rings (SSSR count). The Kier molecular flexibility index (Phi) is 10.5. The van der Waals surface area contributed by atoms with Gasteiger partial charge in [0.1, 0.15) is 18.4 Å². The van der Waals surface area contributed by atoms with Crippen LogP contribution in [0.4, 0.5) is 4.79 Å². The van der Waals surface area contributed by atoms with Crippen molar-refractivity contribution in [1.82, 2.24) is 10.2 Å². The molecule has 0 aliphatic carbocycles. The number of amides is 1. The molecule has 234 valence electrons. The van der Waals surface area contributed by atoms with Crippen molar-refractivity contribution in [2.45, 2.75) is 84.2 Å². The molecular formula is C33H47BN2O7. The zero-order valence-electron chi connectivity index (χ0n) is 26.7. The predicted octanol–water partition coefficient (Wildman–Crippen LogP) is 5.47.